The summed E-state index contributed by atoms with van der Waals surface area (Å²) in [5.41, 5.74) is 3.09. The summed E-state index contributed by atoms with van der Waals surface area (Å²) in [6.07, 6.45) is 13.7. The lowest BCUT2D eigenvalue weighted by Gasteiger charge is -2.37. The first-order valence-electron chi connectivity index (χ1n) is 13.7. The first kappa shape index (κ1) is 24.6. The normalized spacial score (nSPS) is 23.8. The van der Waals surface area contributed by atoms with Crippen LogP contribution in [0.4, 0.5) is 11.6 Å². The van der Waals surface area contributed by atoms with Gasteiger partial charge in [0, 0.05) is 41.3 Å². The van der Waals surface area contributed by atoms with E-state index in [1.165, 1.54) is 12.8 Å². The number of nitrogens with zero attached hydrogens (tertiary/aromatic N) is 6. The maximum atomic E-state index is 13.2. The predicted molar refractivity (Wildman–Crippen MR) is 142 cm³/mol. The molecule has 2 saturated heterocycles. The molecule has 2 aromatic heterocycles. The van der Waals surface area contributed by atoms with Gasteiger partial charge >= 0.3 is 0 Å². The number of piperidine rings is 1. The first-order valence-corrected chi connectivity index (χ1v) is 13.7. The Kier molecular flexibility index (Phi) is 6.81. The van der Waals surface area contributed by atoms with Crippen LogP contribution in [0, 0.1) is 17.2 Å². The molecule has 2 N–H and O–H groups in total. The quantitative estimate of drug-likeness (QED) is 0.465. The lowest BCUT2D eigenvalue weighted by Crippen LogP contribution is -2.47. The molecule has 9 heteroatoms. The van der Waals surface area contributed by atoms with Gasteiger partial charge in [0.25, 0.3) is 5.91 Å². The molecule has 0 radical (unpaired) electrons. The lowest BCUT2D eigenvalue weighted by atomic mass is 9.96. The fourth-order valence-electron chi connectivity index (χ4n) is 6.60. The summed E-state index contributed by atoms with van der Waals surface area (Å²) in [6, 6.07) is 12.0. The molecule has 2 bridgehead atoms. The molecule has 9 nitrogen and oxygen atoms in total. The molecule has 4 atom stereocenters. The number of fused-ring (bicyclic) bond motifs is 2. The van der Waals surface area contributed by atoms with Crippen molar-refractivity contribution in [2.24, 2.45) is 5.92 Å². The molecule has 6 rings (SSSR count). The van der Waals surface area contributed by atoms with Gasteiger partial charge in [-0.25, -0.2) is 9.97 Å². The summed E-state index contributed by atoms with van der Waals surface area (Å²) in [5, 5.41) is 27.2. The highest BCUT2D eigenvalue weighted by Gasteiger charge is 2.42. The number of amides is 1. The first-order chi connectivity index (χ1) is 18.6. The molecule has 1 saturated carbocycles. The second-order valence-corrected chi connectivity index (χ2v) is 10.9. The van der Waals surface area contributed by atoms with Gasteiger partial charge in [0.05, 0.1) is 36.5 Å². The van der Waals surface area contributed by atoms with Crippen molar-refractivity contribution < 1.29 is 9.90 Å². The lowest BCUT2D eigenvalue weighted by molar-refractivity contribution is 0.0287. The highest BCUT2D eigenvalue weighted by molar-refractivity contribution is 5.95. The largest absolute Gasteiger partial charge is 0.393 e. The third-order valence-electron chi connectivity index (χ3n) is 8.47. The second-order valence-electron chi connectivity index (χ2n) is 10.9. The van der Waals surface area contributed by atoms with E-state index in [4.69, 9.17) is 0 Å². The topological polar surface area (TPSA) is 120 Å². The summed E-state index contributed by atoms with van der Waals surface area (Å²) >= 11 is 0. The van der Waals surface area contributed by atoms with Gasteiger partial charge < -0.3 is 15.3 Å². The number of aromatic nitrogens is 4. The van der Waals surface area contributed by atoms with Crippen molar-refractivity contribution >= 4 is 17.5 Å². The van der Waals surface area contributed by atoms with Crippen LogP contribution in [0.5, 0.6) is 0 Å². The molecule has 3 fully saturated rings. The van der Waals surface area contributed by atoms with E-state index in [0.29, 0.717) is 36.7 Å². The summed E-state index contributed by atoms with van der Waals surface area (Å²) in [4.78, 5) is 24.2. The number of aliphatic hydroxyl groups is 1. The fourth-order valence-corrected chi connectivity index (χ4v) is 6.60. The Morgan fingerprint density at radius 1 is 1.11 bits per heavy atom. The maximum Gasteiger partial charge on any atom is 0.254 e. The van der Waals surface area contributed by atoms with Crippen LogP contribution in [-0.2, 0) is 0 Å². The number of benzene rings is 1. The average Bonchev–Trinajstić information content (AvgIpc) is 3.68. The van der Waals surface area contributed by atoms with Crippen molar-refractivity contribution in [1.82, 2.24) is 24.6 Å². The number of carbonyl (C=O) groups excluding carboxylic acids is 1. The zero-order valence-electron chi connectivity index (χ0n) is 21.4. The third-order valence-corrected chi connectivity index (χ3v) is 8.47. The number of aliphatic hydroxyl groups excluding tert-OH is 1. The molecule has 2 aliphatic heterocycles. The van der Waals surface area contributed by atoms with Crippen molar-refractivity contribution in [2.45, 2.75) is 82.0 Å². The van der Waals surface area contributed by atoms with Gasteiger partial charge in [-0.15, -0.1) is 0 Å². The Morgan fingerprint density at radius 3 is 2.55 bits per heavy atom. The smallest absolute Gasteiger partial charge is 0.254 e. The standard InChI is InChI=1S/C29H33N7O2/c30-13-11-27(19-3-1-2-4-19)35-18-21(17-32-35)26-12-14-31-29(34-26)33-22-7-5-20(6-8-22)28(38)36-23-9-10-24(36)16-25(37)15-23/h5-8,12,14,17-19,23-25,27,37H,1-4,9-11,15-16H2,(H,31,33,34)/t23-,24+,25+,27?. The molecule has 1 aromatic carbocycles. The molecule has 0 spiro atoms. The summed E-state index contributed by atoms with van der Waals surface area (Å²) < 4.78 is 1.94. The van der Waals surface area contributed by atoms with Crippen LogP contribution in [0.3, 0.4) is 0 Å². The Hall–Kier alpha value is -3.77. The Morgan fingerprint density at radius 2 is 1.84 bits per heavy atom. The van der Waals surface area contributed by atoms with E-state index < -0.39 is 0 Å². The van der Waals surface area contributed by atoms with Gasteiger partial charge in [-0.1, -0.05) is 12.8 Å². The molecular formula is C29H33N7O2. The number of hydrogen-bond acceptors (Lipinski definition) is 7. The Balaban J connectivity index is 1.14. The number of nitriles is 1. The van der Waals surface area contributed by atoms with E-state index in [1.807, 2.05) is 46.1 Å². The number of carbonyl (C=O) groups is 1. The van der Waals surface area contributed by atoms with E-state index in [0.717, 1.165) is 42.6 Å². The average molecular weight is 512 g/mol. The predicted octanol–water partition coefficient (Wildman–Crippen LogP) is 4.86. The van der Waals surface area contributed by atoms with Crippen LogP contribution in [-0.4, -0.2) is 53.8 Å². The summed E-state index contributed by atoms with van der Waals surface area (Å²) in [7, 11) is 0. The monoisotopic (exact) mass is 511 g/mol. The van der Waals surface area contributed by atoms with Crippen LogP contribution in [0.2, 0.25) is 0 Å². The Bertz CT molecular complexity index is 1310. The Labute approximate surface area is 222 Å². The van der Waals surface area contributed by atoms with Crippen LogP contribution in [0.25, 0.3) is 11.3 Å². The van der Waals surface area contributed by atoms with E-state index in [-0.39, 0.29) is 30.1 Å². The SMILES string of the molecule is N#CCC(C1CCCC1)n1cc(-c2ccnc(Nc3ccc(C(=O)N4[C@@H]5CC[C@H]4C[C@@H](O)C5)cc3)n2)cn1. The van der Waals surface area contributed by atoms with Gasteiger partial charge in [-0.2, -0.15) is 10.4 Å². The zero-order chi connectivity index (χ0) is 26.1. The minimum atomic E-state index is -0.292. The van der Waals surface area contributed by atoms with Crippen LogP contribution in [0.15, 0.2) is 48.9 Å². The van der Waals surface area contributed by atoms with Crippen molar-refractivity contribution in [3.05, 3.63) is 54.5 Å². The molecule has 1 unspecified atom stereocenters. The van der Waals surface area contributed by atoms with Crippen molar-refractivity contribution in [3.63, 3.8) is 0 Å². The van der Waals surface area contributed by atoms with Crippen LogP contribution >= 0.6 is 0 Å². The number of anilines is 2. The van der Waals surface area contributed by atoms with Crippen molar-refractivity contribution in [1.29, 1.82) is 5.26 Å². The molecule has 196 valence electrons. The van der Waals surface area contributed by atoms with Gasteiger partial charge in [0.1, 0.15) is 0 Å². The van der Waals surface area contributed by atoms with Gasteiger partial charge in [0.15, 0.2) is 0 Å². The minimum absolute atomic E-state index is 0.0403. The molecule has 1 amide bonds. The van der Waals surface area contributed by atoms with Crippen molar-refractivity contribution in [3.8, 4) is 17.3 Å². The highest BCUT2D eigenvalue weighted by atomic mass is 16.3. The molecule has 1 aliphatic carbocycles. The van der Waals surface area contributed by atoms with Crippen LogP contribution in [0.1, 0.15) is 74.2 Å². The van der Waals surface area contributed by atoms with E-state index >= 15 is 0 Å². The van der Waals surface area contributed by atoms with Gasteiger partial charge in [-0.05, 0) is 74.8 Å². The molecule has 3 aliphatic rings. The molecule has 3 aromatic rings. The molecular weight excluding hydrogens is 478 g/mol. The molecule has 38 heavy (non-hydrogen) atoms. The number of nitrogens with one attached hydrogen (secondary N) is 1. The van der Waals surface area contributed by atoms with Crippen LogP contribution < -0.4 is 5.32 Å². The zero-order valence-corrected chi connectivity index (χ0v) is 21.4. The molecule has 4 heterocycles. The van der Waals surface area contributed by atoms with Crippen molar-refractivity contribution in [2.75, 3.05) is 5.32 Å². The maximum absolute atomic E-state index is 13.2. The minimum Gasteiger partial charge on any atom is -0.393 e. The van der Waals surface area contributed by atoms with E-state index in [9.17, 15) is 15.2 Å². The van der Waals surface area contributed by atoms with E-state index in [2.05, 4.69) is 26.5 Å². The van der Waals surface area contributed by atoms with Gasteiger partial charge in [0.2, 0.25) is 5.95 Å². The highest BCUT2D eigenvalue weighted by Crippen LogP contribution is 2.38. The number of rotatable bonds is 7. The fraction of sp³-hybridized carbons (Fsp3) is 0.483. The number of hydrogen-bond donors (Lipinski definition) is 2. The second kappa shape index (κ2) is 10.5. The third kappa shape index (κ3) is 4.88. The summed E-state index contributed by atoms with van der Waals surface area (Å²) in [6.45, 7) is 0. The summed E-state index contributed by atoms with van der Waals surface area (Å²) in [5.74, 6) is 0.997. The van der Waals surface area contributed by atoms with E-state index in [1.54, 1.807) is 12.4 Å². The van der Waals surface area contributed by atoms with Gasteiger partial charge in [-0.3, -0.25) is 9.48 Å².